The summed E-state index contributed by atoms with van der Waals surface area (Å²) < 4.78 is 13.1. The number of para-hydroxylation sites is 2. The molecule has 9 aromatic carbocycles. The van der Waals surface area contributed by atoms with Crippen LogP contribution in [0.2, 0.25) is 0 Å². The first-order valence-electron chi connectivity index (χ1n) is 18.7. The van der Waals surface area contributed by atoms with Crippen LogP contribution in [0.25, 0.3) is 88.0 Å². The molecule has 3 nitrogen and oxygen atoms in total. The number of furan rings is 2. The molecular weight excluding hydrogens is 671 g/mol. The van der Waals surface area contributed by atoms with E-state index in [1.54, 1.807) is 0 Å². The van der Waals surface area contributed by atoms with Crippen LogP contribution >= 0.6 is 0 Å². The Morgan fingerprint density at radius 2 is 0.891 bits per heavy atom. The van der Waals surface area contributed by atoms with E-state index in [9.17, 15) is 0 Å². The third-order valence-corrected chi connectivity index (χ3v) is 10.9. The highest BCUT2D eigenvalue weighted by atomic mass is 16.3. The summed E-state index contributed by atoms with van der Waals surface area (Å²) in [6.07, 6.45) is 0. The lowest BCUT2D eigenvalue weighted by Crippen LogP contribution is -2.10. The van der Waals surface area contributed by atoms with E-state index in [4.69, 9.17) is 8.83 Å². The highest BCUT2D eigenvalue weighted by Crippen LogP contribution is 2.46. The van der Waals surface area contributed by atoms with E-state index in [0.717, 1.165) is 83.2 Å². The van der Waals surface area contributed by atoms with Crippen molar-refractivity contribution in [1.82, 2.24) is 0 Å². The Balaban J connectivity index is 1.09. The van der Waals surface area contributed by atoms with Crippen molar-refractivity contribution >= 4 is 71.7 Å². The molecule has 0 saturated carbocycles. The standard InChI is InChI=1S/C52H33NO2/c1-2-12-36(13-3-1)43-31-32-46(52-51(43)45-16-7-9-19-48(45)55-52)53(40-27-23-35(24-28-40)39-22-21-34-11-4-5-14-38(34)33-39)41-29-25-37(26-30-41)42-17-10-20-49-50(42)44-15-6-8-18-47(44)54-49/h1-33H. The van der Waals surface area contributed by atoms with Crippen molar-refractivity contribution in [2.75, 3.05) is 4.90 Å². The number of benzene rings is 9. The minimum absolute atomic E-state index is 0.847. The summed E-state index contributed by atoms with van der Waals surface area (Å²) in [7, 11) is 0. The third-order valence-electron chi connectivity index (χ3n) is 10.9. The van der Waals surface area contributed by atoms with E-state index in [0.29, 0.717) is 0 Å². The first-order valence-corrected chi connectivity index (χ1v) is 18.7. The van der Waals surface area contributed by atoms with Gasteiger partial charge in [0.2, 0.25) is 0 Å². The van der Waals surface area contributed by atoms with Gasteiger partial charge in [-0.3, -0.25) is 0 Å². The van der Waals surface area contributed by atoms with E-state index in [2.05, 4.69) is 181 Å². The predicted octanol–water partition coefficient (Wildman–Crippen LogP) is 15.1. The fourth-order valence-electron chi connectivity index (χ4n) is 8.25. The van der Waals surface area contributed by atoms with Gasteiger partial charge in [0, 0.05) is 32.9 Å². The summed E-state index contributed by atoms with van der Waals surface area (Å²) >= 11 is 0. The average molecular weight is 704 g/mol. The van der Waals surface area contributed by atoms with Crippen LogP contribution in [-0.4, -0.2) is 0 Å². The monoisotopic (exact) mass is 703 g/mol. The molecule has 0 unspecified atom stereocenters. The van der Waals surface area contributed by atoms with Gasteiger partial charge in [0.15, 0.2) is 5.58 Å². The molecule has 0 radical (unpaired) electrons. The molecule has 0 aliphatic heterocycles. The van der Waals surface area contributed by atoms with Crippen molar-refractivity contribution in [2.45, 2.75) is 0 Å². The van der Waals surface area contributed by atoms with Gasteiger partial charge >= 0.3 is 0 Å². The van der Waals surface area contributed by atoms with E-state index >= 15 is 0 Å². The van der Waals surface area contributed by atoms with Crippen molar-refractivity contribution in [3.63, 3.8) is 0 Å². The minimum atomic E-state index is 0.847. The van der Waals surface area contributed by atoms with E-state index in [-0.39, 0.29) is 0 Å². The molecule has 2 aromatic heterocycles. The molecular formula is C52H33NO2. The van der Waals surface area contributed by atoms with Crippen LogP contribution in [-0.2, 0) is 0 Å². The molecule has 2 heterocycles. The smallest absolute Gasteiger partial charge is 0.160 e. The molecule has 0 saturated heterocycles. The summed E-state index contributed by atoms with van der Waals surface area (Å²) in [4.78, 5) is 2.32. The number of nitrogens with zero attached hydrogens (tertiary/aromatic N) is 1. The van der Waals surface area contributed by atoms with Crippen molar-refractivity contribution in [3.8, 4) is 33.4 Å². The van der Waals surface area contributed by atoms with Gasteiger partial charge in [0.25, 0.3) is 0 Å². The maximum Gasteiger partial charge on any atom is 0.160 e. The van der Waals surface area contributed by atoms with Crippen LogP contribution in [0.15, 0.2) is 209 Å². The number of hydrogen-bond acceptors (Lipinski definition) is 3. The largest absolute Gasteiger partial charge is 0.456 e. The lowest BCUT2D eigenvalue weighted by atomic mass is 9.97. The Kier molecular flexibility index (Phi) is 7.17. The van der Waals surface area contributed by atoms with Crippen molar-refractivity contribution < 1.29 is 8.83 Å². The second-order valence-electron chi connectivity index (χ2n) is 14.1. The Labute approximate surface area is 317 Å². The zero-order valence-electron chi connectivity index (χ0n) is 29.8. The van der Waals surface area contributed by atoms with Crippen molar-refractivity contribution in [2.24, 2.45) is 0 Å². The van der Waals surface area contributed by atoms with Crippen LogP contribution in [0.1, 0.15) is 0 Å². The fourth-order valence-corrected chi connectivity index (χ4v) is 8.25. The van der Waals surface area contributed by atoms with Gasteiger partial charge in [-0.2, -0.15) is 0 Å². The van der Waals surface area contributed by atoms with Crippen molar-refractivity contribution in [1.29, 1.82) is 0 Å². The first kappa shape index (κ1) is 31.2. The highest BCUT2D eigenvalue weighted by molar-refractivity contribution is 6.17. The number of fused-ring (bicyclic) bond motifs is 7. The minimum Gasteiger partial charge on any atom is -0.456 e. The van der Waals surface area contributed by atoms with Crippen LogP contribution in [0, 0.1) is 0 Å². The molecule has 0 bridgehead atoms. The predicted molar refractivity (Wildman–Crippen MR) is 229 cm³/mol. The fraction of sp³-hybridized carbons (Fsp3) is 0. The van der Waals surface area contributed by atoms with Gasteiger partial charge < -0.3 is 13.7 Å². The molecule has 11 rings (SSSR count). The average Bonchev–Trinajstić information content (AvgIpc) is 3.84. The van der Waals surface area contributed by atoms with Crippen LogP contribution in [0.3, 0.4) is 0 Å². The Morgan fingerprint density at radius 3 is 1.65 bits per heavy atom. The zero-order chi connectivity index (χ0) is 36.3. The Bertz CT molecular complexity index is 3190. The molecule has 0 amide bonds. The zero-order valence-corrected chi connectivity index (χ0v) is 29.8. The summed E-state index contributed by atoms with van der Waals surface area (Å²) in [5.74, 6) is 0. The van der Waals surface area contributed by atoms with Gasteiger partial charge in [-0.15, -0.1) is 0 Å². The number of hydrogen-bond donors (Lipinski definition) is 0. The van der Waals surface area contributed by atoms with Crippen molar-refractivity contribution in [3.05, 3.63) is 200 Å². The van der Waals surface area contributed by atoms with Gasteiger partial charge in [-0.05, 0) is 98.8 Å². The molecule has 0 atom stereocenters. The van der Waals surface area contributed by atoms with E-state index in [1.165, 1.54) is 21.9 Å². The van der Waals surface area contributed by atoms with Gasteiger partial charge in [-0.1, -0.05) is 146 Å². The summed E-state index contributed by atoms with van der Waals surface area (Å²) in [6, 6.07) is 70.9. The quantitative estimate of drug-likeness (QED) is 0.173. The molecule has 258 valence electrons. The second-order valence-corrected chi connectivity index (χ2v) is 14.1. The molecule has 55 heavy (non-hydrogen) atoms. The van der Waals surface area contributed by atoms with Gasteiger partial charge in [0.1, 0.15) is 16.7 Å². The molecule has 0 fully saturated rings. The molecule has 0 N–H and O–H groups in total. The normalized spacial score (nSPS) is 11.6. The lowest BCUT2D eigenvalue weighted by Gasteiger charge is -2.26. The number of anilines is 3. The number of rotatable bonds is 6. The van der Waals surface area contributed by atoms with E-state index in [1.807, 2.05) is 24.3 Å². The molecule has 11 aromatic rings. The summed E-state index contributed by atoms with van der Waals surface area (Å²) in [5.41, 5.74) is 13.5. The highest BCUT2D eigenvalue weighted by Gasteiger charge is 2.23. The van der Waals surface area contributed by atoms with Gasteiger partial charge in [-0.25, -0.2) is 0 Å². The van der Waals surface area contributed by atoms with E-state index < -0.39 is 0 Å². The Morgan fingerprint density at radius 1 is 0.327 bits per heavy atom. The Hall–Kier alpha value is -7.36. The molecule has 0 spiro atoms. The summed E-state index contributed by atoms with van der Waals surface area (Å²) in [5, 5.41) is 6.93. The van der Waals surface area contributed by atoms with Crippen LogP contribution in [0.5, 0.6) is 0 Å². The lowest BCUT2D eigenvalue weighted by molar-refractivity contribution is 0.668. The molecule has 3 heteroatoms. The second kappa shape index (κ2) is 12.6. The maximum atomic E-state index is 6.82. The van der Waals surface area contributed by atoms with Crippen LogP contribution < -0.4 is 4.90 Å². The molecule has 0 aliphatic carbocycles. The topological polar surface area (TPSA) is 29.5 Å². The third kappa shape index (κ3) is 5.20. The molecule has 0 aliphatic rings. The summed E-state index contributed by atoms with van der Waals surface area (Å²) in [6.45, 7) is 0. The SMILES string of the molecule is c1ccc(-c2ccc(N(c3ccc(-c4ccc5ccccc5c4)cc3)c3ccc(-c4cccc5oc6ccccc6c45)cc3)c3oc4ccccc4c23)cc1. The maximum absolute atomic E-state index is 6.82. The first-order chi connectivity index (χ1) is 27.3. The van der Waals surface area contributed by atoms with Crippen LogP contribution in [0.4, 0.5) is 17.1 Å². The van der Waals surface area contributed by atoms with Gasteiger partial charge in [0.05, 0.1) is 5.69 Å².